The van der Waals surface area contributed by atoms with E-state index in [1.165, 1.54) is 25.8 Å². The van der Waals surface area contributed by atoms with E-state index < -0.39 is 0 Å². The van der Waals surface area contributed by atoms with E-state index in [2.05, 4.69) is 15.1 Å². The summed E-state index contributed by atoms with van der Waals surface area (Å²) < 4.78 is 0. The summed E-state index contributed by atoms with van der Waals surface area (Å²) in [7, 11) is 0. The second kappa shape index (κ2) is 5.30. The Bertz CT molecular complexity index is 565. The molecule has 0 radical (unpaired) electrons. The van der Waals surface area contributed by atoms with Crippen molar-refractivity contribution in [1.29, 1.82) is 0 Å². The summed E-state index contributed by atoms with van der Waals surface area (Å²) in [6.45, 7) is 4.58. The molecular formula is C16H22N4O. The van der Waals surface area contributed by atoms with Crippen LogP contribution in [0.5, 0.6) is 0 Å². The number of hydrogen-bond donors (Lipinski definition) is 1. The van der Waals surface area contributed by atoms with Gasteiger partial charge in [0.05, 0.1) is 0 Å². The largest absolute Gasteiger partial charge is 0.330 e. The van der Waals surface area contributed by atoms with Crippen molar-refractivity contribution in [3.05, 3.63) is 29.1 Å². The summed E-state index contributed by atoms with van der Waals surface area (Å²) in [6.07, 6.45) is 9.21. The van der Waals surface area contributed by atoms with Gasteiger partial charge in [0.15, 0.2) is 5.69 Å². The summed E-state index contributed by atoms with van der Waals surface area (Å²) in [6, 6.07) is 0. The first-order valence-corrected chi connectivity index (χ1v) is 8.04. The number of aromatic nitrogens is 2. The van der Waals surface area contributed by atoms with Gasteiger partial charge in [-0.25, -0.2) is 0 Å². The Morgan fingerprint density at radius 3 is 2.86 bits per heavy atom. The van der Waals surface area contributed by atoms with Gasteiger partial charge in [-0.05, 0) is 18.8 Å². The summed E-state index contributed by atoms with van der Waals surface area (Å²) in [5, 5.41) is 7.41. The fourth-order valence-electron chi connectivity index (χ4n) is 3.52. The highest BCUT2D eigenvalue weighted by Crippen LogP contribution is 2.29. The Hall–Kier alpha value is -1.62. The summed E-state index contributed by atoms with van der Waals surface area (Å²) in [5.41, 5.74) is 2.94. The van der Waals surface area contributed by atoms with Crippen molar-refractivity contribution in [3.63, 3.8) is 0 Å². The number of nitrogens with one attached hydrogen (secondary N) is 1. The minimum atomic E-state index is 0.0722. The number of fused-ring (bicyclic) bond motifs is 1. The molecule has 0 bridgehead atoms. The van der Waals surface area contributed by atoms with Gasteiger partial charge in [0, 0.05) is 50.4 Å². The third-order valence-electron chi connectivity index (χ3n) is 5.06. The van der Waals surface area contributed by atoms with E-state index in [4.69, 9.17) is 0 Å². The predicted molar refractivity (Wildman–Crippen MR) is 80.0 cm³/mol. The molecule has 3 aliphatic rings. The molecule has 112 valence electrons. The highest BCUT2D eigenvalue weighted by atomic mass is 16.2. The van der Waals surface area contributed by atoms with E-state index in [-0.39, 0.29) is 5.91 Å². The van der Waals surface area contributed by atoms with Crippen LogP contribution < -0.4 is 0 Å². The zero-order chi connectivity index (χ0) is 14.2. The lowest BCUT2D eigenvalue weighted by molar-refractivity contribution is 0.0790. The van der Waals surface area contributed by atoms with Crippen LogP contribution in [0.1, 0.15) is 41.0 Å². The monoisotopic (exact) mass is 286 g/mol. The highest BCUT2D eigenvalue weighted by Gasteiger charge is 2.30. The minimum Gasteiger partial charge on any atom is -0.330 e. The van der Waals surface area contributed by atoms with Crippen molar-refractivity contribution in [2.45, 2.75) is 32.2 Å². The van der Waals surface area contributed by atoms with Crippen LogP contribution in [0.4, 0.5) is 0 Å². The van der Waals surface area contributed by atoms with Gasteiger partial charge < -0.3 is 4.90 Å². The lowest BCUT2D eigenvalue weighted by atomic mass is 9.84. The molecular weight excluding hydrogens is 264 g/mol. The molecule has 0 spiro atoms. The molecule has 1 fully saturated rings. The minimum absolute atomic E-state index is 0.0722. The second-order valence-electron chi connectivity index (χ2n) is 6.49. The number of aromatic amines is 1. The Morgan fingerprint density at radius 1 is 1.33 bits per heavy atom. The predicted octanol–water partition coefficient (Wildman–Crippen LogP) is 1.58. The van der Waals surface area contributed by atoms with Crippen molar-refractivity contribution in [1.82, 2.24) is 20.0 Å². The molecule has 3 heterocycles. The Balaban J connectivity index is 1.49. The van der Waals surface area contributed by atoms with E-state index in [0.29, 0.717) is 18.8 Å². The Morgan fingerprint density at radius 2 is 2.14 bits per heavy atom. The van der Waals surface area contributed by atoms with E-state index in [1.54, 1.807) is 0 Å². The maximum Gasteiger partial charge on any atom is 0.275 e. The van der Waals surface area contributed by atoms with Crippen LogP contribution in [0.3, 0.4) is 0 Å². The highest BCUT2D eigenvalue weighted by molar-refractivity contribution is 5.94. The molecule has 1 aromatic heterocycles. The zero-order valence-corrected chi connectivity index (χ0v) is 12.3. The number of H-pyrrole nitrogens is 1. The molecule has 0 unspecified atom stereocenters. The van der Waals surface area contributed by atoms with Crippen molar-refractivity contribution in [2.24, 2.45) is 5.92 Å². The lowest BCUT2D eigenvalue weighted by Gasteiger charge is -2.34. The van der Waals surface area contributed by atoms with Crippen molar-refractivity contribution >= 4 is 5.91 Å². The van der Waals surface area contributed by atoms with Gasteiger partial charge in [-0.2, -0.15) is 5.10 Å². The van der Waals surface area contributed by atoms with Crippen LogP contribution in [-0.4, -0.2) is 52.1 Å². The first-order chi connectivity index (χ1) is 10.3. The van der Waals surface area contributed by atoms with Crippen molar-refractivity contribution < 1.29 is 4.79 Å². The standard InChI is InChI=1S/C16H22N4O/c21-16(20-7-1-2-8-20)15-13-11-19(10-12-4-3-5-12)9-6-14(13)17-18-15/h1-2,12H,3-11H2,(H,17,18). The summed E-state index contributed by atoms with van der Waals surface area (Å²) in [5.74, 6) is 0.948. The smallest absolute Gasteiger partial charge is 0.275 e. The maximum atomic E-state index is 12.6. The molecule has 0 saturated heterocycles. The summed E-state index contributed by atoms with van der Waals surface area (Å²) >= 11 is 0. The third kappa shape index (κ3) is 2.39. The normalized spacial score (nSPS) is 22.4. The van der Waals surface area contributed by atoms with Gasteiger partial charge in [0.1, 0.15) is 0 Å². The molecule has 1 N–H and O–H groups in total. The van der Waals surface area contributed by atoms with E-state index >= 15 is 0 Å². The first-order valence-electron chi connectivity index (χ1n) is 8.04. The molecule has 2 aliphatic heterocycles. The lowest BCUT2D eigenvalue weighted by Crippen LogP contribution is -2.37. The topological polar surface area (TPSA) is 52.2 Å². The summed E-state index contributed by atoms with van der Waals surface area (Å²) in [4.78, 5) is 16.9. The van der Waals surface area contributed by atoms with Crippen LogP contribution in [-0.2, 0) is 13.0 Å². The second-order valence-corrected chi connectivity index (χ2v) is 6.49. The van der Waals surface area contributed by atoms with Gasteiger partial charge in [-0.15, -0.1) is 0 Å². The van der Waals surface area contributed by atoms with Gasteiger partial charge in [0.2, 0.25) is 0 Å². The van der Waals surface area contributed by atoms with E-state index in [9.17, 15) is 4.79 Å². The van der Waals surface area contributed by atoms with Crippen LogP contribution in [0.2, 0.25) is 0 Å². The number of carbonyl (C=O) groups excluding carboxylic acids is 1. The molecule has 1 aromatic rings. The molecule has 1 saturated carbocycles. The quantitative estimate of drug-likeness (QED) is 0.858. The van der Waals surface area contributed by atoms with Crippen LogP contribution in [0, 0.1) is 5.92 Å². The molecule has 1 aliphatic carbocycles. The van der Waals surface area contributed by atoms with Crippen molar-refractivity contribution in [2.75, 3.05) is 26.2 Å². The van der Waals surface area contributed by atoms with Crippen LogP contribution >= 0.6 is 0 Å². The van der Waals surface area contributed by atoms with Gasteiger partial charge in [-0.3, -0.25) is 14.8 Å². The molecule has 1 amide bonds. The SMILES string of the molecule is O=C(c1n[nH]c2c1CN(CC1CCC1)CC2)N1CC=CC1. The molecule has 21 heavy (non-hydrogen) atoms. The Labute approximate surface area is 125 Å². The fourth-order valence-corrected chi connectivity index (χ4v) is 3.52. The first kappa shape index (κ1) is 13.1. The zero-order valence-electron chi connectivity index (χ0n) is 12.3. The van der Waals surface area contributed by atoms with E-state index in [1.807, 2.05) is 17.1 Å². The van der Waals surface area contributed by atoms with Crippen molar-refractivity contribution in [3.8, 4) is 0 Å². The molecule has 0 aromatic carbocycles. The third-order valence-corrected chi connectivity index (χ3v) is 5.06. The number of hydrogen-bond acceptors (Lipinski definition) is 3. The molecule has 0 atom stereocenters. The fraction of sp³-hybridized carbons (Fsp3) is 0.625. The average Bonchev–Trinajstić information content (AvgIpc) is 3.11. The Kier molecular flexibility index (Phi) is 3.30. The number of carbonyl (C=O) groups is 1. The number of nitrogens with zero attached hydrogens (tertiary/aromatic N) is 3. The van der Waals surface area contributed by atoms with Gasteiger partial charge >= 0.3 is 0 Å². The maximum absolute atomic E-state index is 12.6. The molecule has 4 rings (SSSR count). The number of amides is 1. The number of rotatable bonds is 3. The van der Waals surface area contributed by atoms with Crippen LogP contribution in [0.15, 0.2) is 12.2 Å². The van der Waals surface area contributed by atoms with Gasteiger partial charge in [0.25, 0.3) is 5.91 Å². The van der Waals surface area contributed by atoms with Crippen LogP contribution in [0.25, 0.3) is 0 Å². The van der Waals surface area contributed by atoms with E-state index in [0.717, 1.165) is 36.7 Å². The molecule has 5 nitrogen and oxygen atoms in total. The van der Waals surface area contributed by atoms with Gasteiger partial charge in [-0.1, -0.05) is 18.6 Å². The average molecular weight is 286 g/mol. The molecule has 5 heteroatoms.